The Morgan fingerprint density at radius 2 is 1.70 bits per heavy atom. The molecule has 11 heteroatoms. The maximum Gasteiger partial charge on any atom is 0.232 e. The van der Waals surface area contributed by atoms with E-state index >= 15 is 0 Å². The lowest BCUT2D eigenvalue weighted by molar-refractivity contribution is 0.0982. The Hall–Kier alpha value is -3.67. The Morgan fingerprint density at radius 1 is 0.955 bits per heavy atom. The highest BCUT2D eigenvalue weighted by atomic mass is 32.2. The molecule has 2 aliphatic rings. The zero-order valence-electron chi connectivity index (χ0n) is 26.2. The number of sulfonamides is 1. The molecule has 0 radical (unpaired) electrons. The van der Waals surface area contributed by atoms with Gasteiger partial charge in [-0.1, -0.05) is 24.3 Å². The van der Waals surface area contributed by atoms with Crippen molar-refractivity contribution in [2.75, 3.05) is 75.9 Å². The molecule has 0 aliphatic carbocycles. The number of hydrogen-bond donors (Lipinski definition) is 1. The summed E-state index contributed by atoms with van der Waals surface area (Å²) in [6, 6.07) is 16.7. The Morgan fingerprint density at radius 3 is 2.43 bits per heavy atom. The third kappa shape index (κ3) is 6.55. The van der Waals surface area contributed by atoms with Gasteiger partial charge in [-0.2, -0.15) is 0 Å². The molecular formula is C33H43N7O3S. The van der Waals surface area contributed by atoms with Crippen LogP contribution in [0.2, 0.25) is 0 Å². The summed E-state index contributed by atoms with van der Waals surface area (Å²) in [7, 11) is 2.10. The summed E-state index contributed by atoms with van der Waals surface area (Å²) in [6.07, 6.45) is 6.44. The number of fused-ring (bicyclic) bond motifs is 1. The quantitative estimate of drug-likeness (QED) is 0.303. The molecule has 2 aliphatic heterocycles. The fraction of sp³-hybridized carbons (Fsp3) is 0.455. The van der Waals surface area contributed by atoms with Crippen molar-refractivity contribution in [2.45, 2.75) is 31.7 Å². The minimum atomic E-state index is -3.41. The third-order valence-electron chi connectivity index (χ3n) is 9.23. The van der Waals surface area contributed by atoms with Crippen molar-refractivity contribution >= 4 is 32.4 Å². The monoisotopic (exact) mass is 617 g/mol. The van der Waals surface area contributed by atoms with Crippen molar-refractivity contribution in [1.29, 1.82) is 0 Å². The summed E-state index contributed by atoms with van der Waals surface area (Å²) >= 11 is 0. The van der Waals surface area contributed by atoms with Gasteiger partial charge in [0.25, 0.3) is 0 Å². The first-order valence-corrected chi connectivity index (χ1v) is 17.2. The second kappa shape index (κ2) is 12.7. The first-order chi connectivity index (χ1) is 21.2. The van der Waals surface area contributed by atoms with Crippen molar-refractivity contribution in [1.82, 2.24) is 24.8 Å². The number of nitrogens with zero attached hydrogens (tertiary/aromatic N) is 6. The van der Waals surface area contributed by atoms with Crippen molar-refractivity contribution in [3.63, 3.8) is 0 Å². The zero-order chi connectivity index (χ0) is 30.8. The van der Waals surface area contributed by atoms with E-state index in [-0.39, 0.29) is 0 Å². The van der Waals surface area contributed by atoms with Gasteiger partial charge in [0.2, 0.25) is 10.0 Å². The molecule has 234 valence electrons. The normalized spacial score (nSPS) is 17.3. The fourth-order valence-corrected chi connectivity index (χ4v) is 7.05. The molecule has 10 nitrogen and oxygen atoms in total. The standard InChI is InChI=1S/C33H43N7O3S/c1-37-17-19-40(20-18-37)26-12-15-39(16-13-26)27-10-9-25(31(23-27)43-3)22-32-35-29(28-11-14-34-33(28)36-32)21-24-7-5-6-8-30(24)38(2)44(4,41)42/h5-11,14,23,26H,12-13,15-22H2,1-4H3,(H,34,35,36). The summed E-state index contributed by atoms with van der Waals surface area (Å²) in [4.78, 5) is 20.6. The van der Waals surface area contributed by atoms with Crippen LogP contribution in [0, 0.1) is 0 Å². The van der Waals surface area contributed by atoms with Gasteiger partial charge in [0.05, 0.1) is 24.7 Å². The number of likely N-dealkylation sites (N-methyl/N-ethyl adjacent to an activating group) is 1. The number of methoxy groups -OCH3 is 1. The molecule has 4 heterocycles. The summed E-state index contributed by atoms with van der Waals surface area (Å²) in [5.74, 6) is 1.52. The predicted molar refractivity (Wildman–Crippen MR) is 176 cm³/mol. The van der Waals surface area contributed by atoms with Crippen LogP contribution in [0.3, 0.4) is 0 Å². The van der Waals surface area contributed by atoms with E-state index in [9.17, 15) is 8.42 Å². The fourth-order valence-electron chi connectivity index (χ4n) is 6.52. The number of piperazine rings is 1. The molecule has 0 spiro atoms. The molecule has 2 saturated heterocycles. The van der Waals surface area contributed by atoms with Crippen molar-refractivity contribution in [3.05, 3.63) is 77.4 Å². The maximum absolute atomic E-state index is 12.3. The smallest absolute Gasteiger partial charge is 0.232 e. The zero-order valence-corrected chi connectivity index (χ0v) is 27.0. The van der Waals surface area contributed by atoms with Gasteiger partial charge < -0.3 is 19.5 Å². The van der Waals surface area contributed by atoms with E-state index < -0.39 is 10.0 Å². The number of ether oxygens (including phenoxy) is 1. The first-order valence-electron chi connectivity index (χ1n) is 15.4. The molecule has 0 bridgehead atoms. The number of benzene rings is 2. The number of hydrogen-bond acceptors (Lipinski definition) is 8. The Balaban J connectivity index is 1.20. The maximum atomic E-state index is 12.3. The summed E-state index contributed by atoms with van der Waals surface area (Å²) in [5, 5.41) is 0.924. The number of para-hydroxylation sites is 1. The lowest BCUT2D eigenvalue weighted by Gasteiger charge is -2.42. The largest absolute Gasteiger partial charge is 0.496 e. The predicted octanol–water partition coefficient (Wildman–Crippen LogP) is 3.76. The third-order valence-corrected chi connectivity index (χ3v) is 10.4. The van der Waals surface area contributed by atoms with Gasteiger partial charge in [-0.05, 0) is 43.7 Å². The first kappa shape index (κ1) is 30.4. The molecule has 2 aromatic heterocycles. The number of nitrogens with one attached hydrogen (secondary N) is 1. The van der Waals surface area contributed by atoms with Crippen molar-refractivity contribution in [2.24, 2.45) is 0 Å². The van der Waals surface area contributed by atoms with E-state index in [1.807, 2.05) is 36.5 Å². The van der Waals surface area contributed by atoms with Crippen LogP contribution in [-0.4, -0.2) is 106 Å². The van der Waals surface area contributed by atoms with Gasteiger partial charge >= 0.3 is 0 Å². The van der Waals surface area contributed by atoms with Crippen LogP contribution in [0.15, 0.2) is 54.7 Å². The minimum absolute atomic E-state index is 0.472. The van der Waals surface area contributed by atoms with E-state index in [0.29, 0.717) is 30.4 Å². The SMILES string of the molecule is COc1cc(N2CCC(N3CCN(C)CC3)CC2)ccc1Cc1nc(Cc2ccccc2N(C)S(C)(=O)=O)c2cc[nH]c2n1. The molecule has 2 fully saturated rings. The van der Waals surface area contributed by atoms with E-state index in [1.54, 1.807) is 14.2 Å². The van der Waals surface area contributed by atoms with Crippen molar-refractivity contribution < 1.29 is 13.2 Å². The number of aromatic nitrogens is 3. The Bertz CT molecular complexity index is 1710. The van der Waals surface area contributed by atoms with Crippen LogP contribution in [0.4, 0.5) is 11.4 Å². The Labute approximate surface area is 260 Å². The molecule has 4 aromatic rings. The molecular weight excluding hydrogens is 574 g/mol. The minimum Gasteiger partial charge on any atom is -0.496 e. The molecule has 6 rings (SSSR count). The number of rotatable bonds is 9. The highest BCUT2D eigenvalue weighted by Crippen LogP contribution is 2.31. The van der Waals surface area contributed by atoms with Crippen LogP contribution < -0.4 is 13.9 Å². The molecule has 44 heavy (non-hydrogen) atoms. The molecule has 0 atom stereocenters. The van der Waals surface area contributed by atoms with Crippen LogP contribution in [0.25, 0.3) is 11.0 Å². The lowest BCUT2D eigenvalue weighted by Crippen LogP contribution is -2.52. The average Bonchev–Trinajstić information content (AvgIpc) is 3.50. The summed E-state index contributed by atoms with van der Waals surface area (Å²) < 4.78 is 31.8. The van der Waals surface area contributed by atoms with Crippen LogP contribution in [0.5, 0.6) is 5.75 Å². The molecule has 0 amide bonds. The van der Waals surface area contributed by atoms with E-state index in [2.05, 4.69) is 44.9 Å². The second-order valence-electron chi connectivity index (χ2n) is 12.1. The van der Waals surface area contributed by atoms with Gasteiger partial charge in [0.15, 0.2) is 0 Å². The molecule has 2 aromatic carbocycles. The van der Waals surface area contributed by atoms with Gasteiger partial charge in [0.1, 0.15) is 17.2 Å². The lowest BCUT2D eigenvalue weighted by atomic mass is 10.0. The van der Waals surface area contributed by atoms with Gasteiger partial charge in [-0.15, -0.1) is 0 Å². The van der Waals surface area contributed by atoms with Crippen molar-refractivity contribution in [3.8, 4) is 5.75 Å². The second-order valence-corrected chi connectivity index (χ2v) is 14.1. The van der Waals surface area contributed by atoms with Crippen LogP contribution in [0.1, 0.15) is 35.5 Å². The number of H-pyrrole nitrogens is 1. The highest BCUT2D eigenvalue weighted by molar-refractivity contribution is 7.92. The average molecular weight is 618 g/mol. The van der Waals surface area contributed by atoms with E-state index in [0.717, 1.165) is 59.8 Å². The molecule has 0 saturated carbocycles. The van der Waals surface area contributed by atoms with Gasteiger partial charge in [0, 0.05) is 94.1 Å². The van der Waals surface area contributed by atoms with Gasteiger partial charge in [-0.25, -0.2) is 18.4 Å². The summed E-state index contributed by atoms with van der Waals surface area (Å²) in [6.45, 7) is 6.76. The van der Waals surface area contributed by atoms with E-state index in [1.165, 1.54) is 42.2 Å². The highest BCUT2D eigenvalue weighted by Gasteiger charge is 2.27. The van der Waals surface area contributed by atoms with Crippen LogP contribution >= 0.6 is 0 Å². The molecule has 0 unspecified atom stereocenters. The van der Waals surface area contributed by atoms with E-state index in [4.69, 9.17) is 14.7 Å². The molecule has 1 N–H and O–H groups in total. The number of piperidine rings is 1. The van der Waals surface area contributed by atoms with Crippen LogP contribution in [-0.2, 0) is 22.9 Å². The Kier molecular flexibility index (Phi) is 8.80. The van der Waals surface area contributed by atoms with Gasteiger partial charge in [-0.3, -0.25) is 9.21 Å². The summed E-state index contributed by atoms with van der Waals surface area (Å²) in [5.41, 5.74) is 5.35. The number of anilines is 2. The number of aromatic amines is 1. The topological polar surface area (TPSA) is 97.9 Å².